The molecule has 0 saturated carbocycles. The molecule has 0 aliphatic rings. The van der Waals surface area contributed by atoms with Crippen LogP contribution in [0.5, 0.6) is 0 Å². The normalized spacial score (nSPS) is 11.6. The van der Waals surface area contributed by atoms with E-state index < -0.39 is 10.0 Å². The second-order valence-electron chi connectivity index (χ2n) is 4.24. The maximum absolute atomic E-state index is 12.3. The van der Waals surface area contributed by atoms with E-state index >= 15 is 0 Å². The second-order valence-corrected chi connectivity index (χ2v) is 8.57. The lowest BCUT2D eigenvalue weighted by Crippen LogP contribution is -2.11. The number of thiophene rings is 1. The average molecular weight is 410 g/mol. The number of benzene rings is 1. The Hall–Kier alpha value is -0.600. The molecule has 0 aliphatic carbocycles. The van der Waals surface area contributed by atoms with Crippen LogP contribution in [-0.4, -0.2) is 15.0 Å². The third-order valence-corrected chi connectivity index (χ3v) is 6.81. The van der Waals surface area contributed by atoms with Gasteiger partial charge in [-0.15, -0.1) is 11.3 Å². The highest BCUT2D eigenvalue weighted by Crippen LogP contribution is 2.28. The summed E-state index contributed by atoms with van der Waals surface area (Å²) in [6.07, 6.45) is 0. The highest BCUT2D eigenvalue weighted by atomic mass is 79.9. The molecule has 0 unspecified atom stereocenters. The monoisotopic (exact) mass is 408 g/mol. The first-order valence-corrected chi connectivity index (χ1v) is 9.66. The van der Waals surface area contributed by atoms with Gasteiger partial charge in [0.25, 0.3) is 10.0 Å². The molecule has 0 saturated heterocycles. The SMILES string of the molecule is CCNCc1ccc(S(=O)(=O)Nc2ccc(Br)c(Cl)c2)s1. The first kappa shape index (κ1) is 16.8. The molecule has 2 N–H and O–H groups in total. The maximum atomic E-state index is 12.3. The second kappa shape index (κ2) is 7.11. The molecule has 2 aromatic rings. The van der Waals surface area contributed by atoms with Crippen LogP contribution in [0.4, 0.5) is 5.69 Å². The van der Waals surface area contributed by atoms with Crippen molar-refractivity contribution < 1.29 is 8.42 Å². The summed E-state index contributed by atoms with van der Waals surface area (Å²) in [7, 11) is -3.58. The number of anilines is 1. The third kappa shape index (κ3) is 4.43. The van der Waals surface area contributed by atoms with E-state index in [2.05, 4.69) is 26.0 Å². The van der Waals surface area contributed by atoms with Gasteiger partial charge in [-0.25, -0.2) is 8.42 Å². The van der Waals surface area contributed by atoms with Crippen LogP contribution >= 0.6 is 38.9 Å². The van der Waals surface area contributed by atoms with E-state index in [1.165, 1.54) is 11.3 Å². The Kier molecular flexibility index (Phi) is 5.67. The molecule has 0 bridgehead atoms. The molecule has 0 atom stereocenters. The summed E-state index contributed by atoms with van der Waals surface area (Å²) < 4.78 is 28.2. The minimum absolute atomic E-state index is 0.287. The fourth-order valence-corrected chi connectivity index (χ4v) is 4.41. The van der Waals surface area contributed by atoms with Crippen molar-refractivity contribution in [3.05, 3.63) is 44.7 Å². The first-order valence-electron chi connectivity index (χ1n) is 6.19. The van der Waals surface area contributed by atoms with Crippen LogP contribution in [0.15, 0.2) is 39.0 Å². The standard InChI is InChI=1S/C13H14BrClN2O2S2/c1-2-16-8-10-4-6-13(20-10)21(18,19)17-9-3-5-11(14)12(15)7-9/h3-7,16-17H,2,8H2,1H3. The van der Waals surface area contributed by atoms with Crippen molar-refractivity contribution in [1.29, 1.82) is 0 Å². The third-order valence-electron chi connectivity index (χ3n) is 2.62. The van der Waals surface area contributed by atoms with Gasteiger partial charge in [0.1, 0.15) is 4.21 Å². The molecule has 1 aromatic carbocycles. The summed E-state index contributed by atoms with van der Waals surface area (Å²) in [6, 6.07) is 8.35. The van der Waals surface area contributed by atoms with E-state index in [1.54, 1.807) is 24.3 Å². The minimum Gasteiger partial charge on any atom is -0.312 e. The molecule has 21 heavy (non-hydrogen) atoms. The number of rotatable bonds is 6. The van der Waals surface area contributed by atoms with Gasteiger partial charge in [0.05, 0.1) is 10.7 Å². The number of hydrogen-bond donors (Lipinski definition) is 2. The number of halogens is 2. The molecule has 0 aliphatic heterocycles. The van der Waals surface area contributed by atoms with Crippen LogP contribution in [0.1, 0.15) is 11.8 Å². The fraction of sp³-hybridized carbons (Fsp3) is 0.231. The van der Waals surface area contributed by atoms with Crippen LogP contribution in [0.3, 0.4) is 0 Å². The number of hydrogen-bond acceptors (Lipinski definition) is 4. The Labute approximate surface area is 141 Å². The van der Waals surface area contributed by atoms with E-state index in [0.717, 1.165) is 15.9 Å². The van der Waals surface area contributed by atoms with Gasteiger partial charge >= 0.3 is 0 Å². The summed E-state index contributed by atoms with van der Waals surface area (Å²) in [5.74, 6) is 0. The zero-order valence-corrected chi connectivity index (χ0v) is 15.2. The summed E-state index contributed by atoms with van der Waals surface area (Å²) in [5.41, 5.74) is 0.435. The van der Waals surface area contributed by atoms with E-state index in [1.807, 2.05) is 13.0 Å². The van der Waals surface area contributed by atoms with Crippen LogP contribution in [0.2, 0.25) is 5.02 Å². The predicted molar refractivity (Wildman–Crippen MR) is 91.7 cm³/mol. The molecule has 2 rings (SSSR count). The van der Waals surface area contributed by atoms with E-state index in [-0.39, 0.29) is 4.21 Å². The smallest absolute Gasteiger partial charge is 0.271 e. The summed E-state index contributed by atoms with van der Waals surface area (Å²) >= 11 is 10.5. The first-order chi connectivity index (χ1) is 9.92. The van der Waals surface area contributed by atoms with Crippen molar-refractivity contribution in [3.63, 3.8) is 0 Å². The van der Waals surface area contributed by atoms with Crippen molar-refractivity contribution in [3.8, 4) is 0 Å². The van der Waals surface area contributed by atoms with Gasteiger partial charge in [-0.2, -0.15) is 0 Å². The molecular formula is C13H14BrClN2O2S2. The molecular weight excluding hydrogens is 396 g/mol. The molecule has 0 amide bonds. The van der Waals surface area contributed by atoms with Crippen molar-refractivity contribution in [2.75, 3.05) is 11.3 Å². The largest absolute Gasteiger partial charge is 0.312 e. The van der Waals surface area contributed by atoms with Crippen LogP contribution < -0.4 is 10.0 Å². The van der Waals surface area contributed by atoms with Gasteiger partial charge in [-0.1, -0.05) is 18.5 Å². The molecule has 114 valence electrons. The lowest BCUT2D eigenvalue weighted by molar-refractivity contribution is 0.603. The Bertz CT molecular complexity index is 732. The van der Waals surface area contributed by atoms with Gasteiger partial charge in [0.15, 0.2) is 0 Å². The van der Waals surface area contributed by atoms with Crippen molar-refractivity contribution in [2.24, 2.45) is 0 Å². The fourth-order valence-electron chi connectivity index (χ4n) is 1.61. The van der Waals surface area contributed by atoms with E-state index in [0.29, 0.717) is 17.3 Å². The van der Waals surface area contributed by atoms with Gasteiger partial charge < -0.3 is 5.32 Å². The minimum atomic E-state index is -3.58. The zero-order chi connectivity index (χ0) is 15.5. The average Bonchev–Trinajstić information content (AvgIpc) is 2.90. The molecule has 4 nitrogen and oxygen atoms in total. The van der Waals surface area contributed by atoms with Crippen molar-refractivity contribution in [1.82, 2.24) is 5.32 Å². The van der Waals surface area contributed by atoms with Crippen molar-refractivity contribution in [2.45, 2.75) is 17.7 Å². The van der Waals surface area contributed by atoms with Crippen LogP contribution in [0.25, 0.3) is 0 Å². The Balaban J connectivity index is 2.17. The van der Waals surface area contributed by atoms with Gasteiger partial charge in [-0.05, 0) is 52.8 Å². The molecule has 8 heteroatoms. The quantitative estimate of drug-likeness (QED) is 0.756. The molecule has 1 heterocycles. The highest BCUT2D eigenvalue weighted by Gasteiger charge is 2.17. The highest BCUT2D eigenvalue weighted by molar-refractivity contribution is 9.10. The number of nitrogens with one attached hydrogen (secondary N) is 2. The summed E-state index contributed by atoms with van der Waals surface area (Å²) in [5, 5.41) is 3.62. The Morgan fingerprint density at radius 1 is 1.29 bits per heavy atom. The topological polar surface area (TPSA) is 58.2 Å². The maximum Gasteiger partial charge on any atom is 0.271 e. The van der Waals surface area contributed by atoms with Crippen LogP contribution in [-0.2, 0) is 16.6 Å². The summed E-state index contributed by atoms with van der Waals surface area (Å²) in [6.45, 7) is 3.51. The molecule has 0 radical (unpaired) electrons. The van der Waals surface area contributed by atoms with Crippen LogP contribution in [0, 0.1) is 0 Å². The molecule has 0 fully saturated rings. The molecule has 0 spiro atoms. The Morgan fingerprint density at radius 2 is 2.05 bits per heavy atom. The Morgan fingerprint density at radius 3 is 2.71 bits per heavy atom. The predicted octanol–water partition coefficient (Wildman–Crippen LogP) is 4.07. The van der Waals surface area contributed by atoms with Gasteiger partial charge in [0.2, 0.25) is 0 Å². The van der Waals surface area contributed by atoms with E-state index in [9.17, 15) is 8.42 Å². The molecule has 1 aromatic heterocycles. The lowest BCUT2D eigenvalue weighted by atomic mass is 10.3. The van der Waals surface area contributed by atoms with Gasteiger partial charge in [-0.3, -0.25) is 4.72 Å². The summed E-state index contributed by atoms with van der Waals surface area (Å²) in [4.78, 5) is 0.978. The lowest BCUT2D eigenvalue weighted by Gasteiger charge is -2.07. The zero-order valence-electron chi connectivity index (χ0n) is 11.2. The van der Waals surface area contributed by atoms with Gasteiger partial charge in [0, 0.05) is 15.9 Å². The number of sulfonamides is 1. The van der Waals surface area contributed by atoms with E-state index in [4.69, 9.17) is 11.6 Å². The van der Waals surface area contributed by atoms with Crippen molar-refractivity contribution >= 4 is 54.6 Å².